The van der Waals surface area contributed by atoms with Crippen molar-refractivity contribution in [3.63, 3.8) is 0 Å². The van der Waals surface area contributed by atoms with E-state index in [0.717, 1.165) is 30.0 Å². The highest BCUT2D eigenvalue weighted by Gasteiger charge is 2.40. The number of halogens is 1. The highest BCUT2D eigenvalue weighted by Crippen LogP contribution is 2.44. The average Bonchev–Trinajstić information content (AvgIpc) is 3.28. The summed E-state index contributed by atoms with van der Waals surface area (Å²) in [6.07, 6.45) is 6.17. The number of hydrogen-bond donors (Lipinski definition) is 1. The molecule has 112 valence electrons. The van der Waals surface area contributed by atoms with Gasteiger partial charge in [-0.2, -0.15) is 0 Å². The first-order chi connectivity index (χ1) is 10.2. The zero-order valence-corrected chi connectivity index (χ0v) is 13.3. The number of benzene rings is 1. The van der Waals surface area contributed by atoms with E-state index in [0.29, 0.717) is 6.04 Å². The number of aromatic nitrogens is 2. The fraction of sp³-hybridized carbons (Fsp3) is 0.588. The Kier molecular flexibility index (Phi) is 3.23. The highest BCUT2D eigenvalue weighted by atomic mass is 35.5. The molecule has 21 heavy (non-hydrogen) atoms. The van der Waals surface area contributed by atoms with E-state index in [9.17, 15) is 0 Å². The predicted octanol–water partition coefficient (Wildman–Crippen LogP) is 4.06. The second-order valence-corrected chi connectivity index (χ2v) is 7.02. The van der Waals surface area contributed by atoms with Gasteiger partial charge < -0.3 is 9.88 Å². The summed E-state index contributed by atoms with van der Waals surface area (Å²) in [7, 11) is 0. The van der Waals surface area contributed by atoms with E-state index in [1.54, 1.807) is 0 Å². The van der Waals surface area contributed by atoms with Crippen LogP contribution in [0.1, 0.15) is 50.9 Å². The van der Waals surface area contributed by atoms with E-state index in [4.69, 9.17) is 16.6 Å². The Morgan fingerprint density at radius 2 is 2.29 bits per heavy atom. The lowest BCUT2D eigenvalue weighted by Gasteiger charge is -2.36. The molecule has 1 atom stereocenters. The van der Waals surface area contributed by atoms with Crippen LogP contribution in [0.25, 0.3) is 11.0 Å². The van der Waals surface area contributed by atoms with Crippen molar-refractivity contribution >= 4 is 22.6 Å². The number of piperidine rings is 1. The molecule has 3 nitrogen and oxygen atoms in total. The van der Waals surface area contributed by atoms with Crippen molar-refractivity contribution in [1.82, 2.24) is 14.9 Å². The Balaban J connectivity index is 1.92. The Labute approximate surface area is 130 Å². The van der Waals surface area contributed by atoms with Crippen LogP contribution in [0.3, 0.4) is 0 Å². The van der Waals surface area contributed by atoms with E-state index in [1.807, 2.05) is 6.07 Å². The van der Waals surface area contributed by atoms with Gasteiger partial charge >= 0.3 is 0 Å². The summed E-state index contributed by atoms with van der Waals surface area (Å²) in [4.78, 5) is 5.05. The quantitative estimate of drug-likeness (QED) is 0.927. The molecule has 1 aliphatic heterocycles. The largest absolute Gasteiger partial charge is 0.324 e. The maximum atomic E-state index is 6.23. The van der Waals surface area contributed by atoms with Gasteiger partial charge in [0.1, 0.15) is 5.82 Å². The zero-order chi connectivity index (χ0) is 14.4. The topological polar surface area (TPSA) is 29.9 Å². The lowest BCUT2D eigenvalue weighted by Crippen LogP contribution is -2.44. The van der Waals surface area contributed by atoms with Crippen LogP contribution in [0.15, 0.2) is 18.2 Å². The van der Waals surface area contributed by atoms with E-state index in [-0.39, 0.29) is 5.41 Å². The molecule has 4 heteroatoms. The normalized spacial score (nSPS) is 26.4. The Bertz CT molecular complexity index is 666. The van der Waals surface area contributed by atoms with Crippen LogP contribution in [0, 0.1) is 0 Å². The second kappa shape index (κ2) is 4.99. The van der Waals surface area contributed by atoms with Crippen molar-refractivity contribution in [1.29, 1.82) is 0 Å². The molecule has 1 saturated carbocycles. The maximum Gasteiger partial charge on any atom is 0.117 e. The SMILES string of the molecule is CCC1(c2nc3ccc(Cl)cc3n2C2CC2)CCCNC1. The van der Waals surface area contributed by atoms with Crippen LogP contribution < -0.4 is 5.32 Å². The summed E-state index contributed by atoms with van der Waals surface area (Å²) in [5, 5.41) is 4.40. The second-order valence-electron chi connectivity index (χ2n) is 6.58. The molecule has 0 amide bonds. The molecule has 2 aliphatic rings. The number of rotatable bonds is 3. The molecular weight excluding hydrogens is 282 g/mol. The third-order valence-corrected chi connectivity index (χ3v) is 5.42. The van der Waals surface area contributed by atoms with Gasteiger partial charge in [-0.05, 0) is 56.8 Å². The van der Waals surface area contributed by atoms with Gasteiger partial charge in [0.05, 0.1) is 11.0 Å². The molecule has 0 bridgehead atoms. The molecule has 0 spiro atoms. The molecule has 2 heterocycles. The van der Waals surface area contributed by atoms with Crippen LogP contribution in [-0.4, -0.2) is 22.6 Å². The summed E-state index contributed by atoms with van der Waals surface area (Å²) in [6, 6.07) is 6.74. The first kappa shape index (κ1) is 13.6. The summed E-state index contributed by atoms with van der Waals surface area (Å²) in [5.41, 5.74) is 2.50. The fourth-order valence-electron chi connectivity index (χ4n) is 3.76. The summed E-state index contributed by atoms with van der Waals surface area (Å²) < 4.78 is 2.50. The van der Waals surface area contributed by atoms with E-state index < -0.39 is 0 Å². The molecule has 4 rings (SSSR count). The molecule has 1 aliphatic carbocycles. The van der Waals surface area contributed by atoms with Crippen LogP contribution in [-0.2, 0) is 5.41 Å². The molecule has 1 aromatic carbocycles. The van der Waals surface area contributed by atoms with Crippen molar-refractivity contribution in [2.24, 2.45) is 0 Å². The van der Waals surface area contributed by atoms with Gasteiger partial charge in [0.15, 0.2) is 0 Å². The van der Waals surface area contributed by atoms with Crippen molar-refractivity contribution in [3.8, 4) is 0 Å². The molecular formula is C17H22ClN3. The van der Waals surface area contributed by atoms with Crippen molar-refractivity contribution in [3.05, 3.63) is 29.0 Å². The van der Waals surface area contributed by atoms with Crippen LogP contribution in [0.2, 0.25) is 5.02 Å². The maximum absolute atomic E-state index is 6.23. The van der Waals surface area contributed by atoms with Gasteiger partial charge in [-0.15, -0.1) is 0 Å². The van der Waals surface area contributed by atoms with Gasteiger partial charge in [0.25, 0.3) is 0 Å². The number of imidazole rings is 1. The standard InChI is InChI=1S/C17H22ClN3/c1-2-17(8-3-9-19-11-17)16-20-14-7-4-12(18)10-15(14)21(16)13-5-6-13/h4,7,10,13,19H,2-3,5-6,8-9,11H2,1H3. The summed E-state index contributed by atoms with van der Waals surface area (Å²) in [6.45, 7) is 4.49. The Hall–Kier alpha value is -1.06. The zero-order valence-electron chi connectivity index (χ0n) is 12.5. The van der Waals surface area contributed by atoms with Crippen LogP contribution in [0.4, 0.5) is 0 Å². The number of nitrogens with one attached hydrogen (secondary N) is 1. The van der Waals surface area contributed by atoms with Crippen LogP contribution >= 0.6 is 11.6 Å². The average molecular weight is 304 g/mol. The minimum atomic E-state index is 0.187. The first-order valence-corrected chi connectivity index (χ1v) is 8.50. The molecule has 1 unspecified atom stereocenters. The van der Waals surface area contributed by atoms with Crippen molar-refractivity contribution in [2.75, 3.05) is 13.1 Å². The van der Waals surface area contributed by atoms with Crippen LogP contribution in [0.5, 0.6) is 0 Å². The van der Waals surface area contributed by atoms with Crippen molar-refractivity contribution < 1.29 is 0 Å². The van der Waals surface area contributed by atoms with E-state index >= 15 is 0 Å². The van der Waals surface area contributed by atoms with Gasteiger partial charge in [-0.1, -0.05) is 18.5 Å². The molecule has 2 aromatic rings. The van der Waals surface area contributed by atoms with Gasteiger partial charge in [0.2, 0.25) is 0 Å². The molecule has 0 radical (unpaired) electrons. The first-order valence-electron chi connectivity index (χ1n) is 8.12. The minimum Gasteiger partial charge on any atom is -0.324 e. The number of fused-ring (bicyclic) bond motifs is 1. The number of hydrogen-bond acceptors (Lipinski definition) is 2. The fourth-order valence-corrected chi connectivity index (χ4v) is 3.93. The smallest absolute Gasteiger partial charge is 0.117 e. The number of nitrogens with zero attached hydrogens (tertiary/aromatic N) is 2. The third-order valence-electron chi connectivity index (χ3n) is 5.19. The molecule has 1 N–H and O–H groups in total. The van der Waals surface area contributed by atoms with Gasteiger partial charge in [-0.3, -0.25) is 0 Å². The minimum absolute atomic E-state index is 0.187. The third kappa shape index (κ3) is 2.18. The Morgan fingerprint density at radius 3 is 2.95 bits per heavy atom. The van der Waals surface area contributed by atoms with E-state index in [1.165, 1.54) is 37.0 Å². The van der Waals surface area contributed by atoms with Gasteiger partial charge in [-0.25, -0.2) is 4.98 Å². The summed E-state index contributed by atoms with van der Waals surface area (Å²) >= 11 is 6.23. The Morgan fingerprint density at radius 1 is 1.43 bits per heavy atom. The highest BCUT2D eigenvalue weighted by molar-refractivity contribution is 6.31. The molecule has 1 saturated heterocycles. The lowest BCUT2D eigenvalue weighted by atomic mass is 9.77. The van der Waals surface area contributed by atoms with E-state index in [2.05, 4.69) is 28.9 Å². The lowest BCUT2D eigenvalue weighted by molar-refractivity contribution is 0.280. The van der Waals surface area contributed by atoms with Crippen molar-refractivity contribution in [2.45, 2.75) is 50.5 Å². The predicted molar refractivity (Wildman–Crippen MR) is 87.1 cm³/mol. The monoisotopic (exact) mass is 303 g/mol. The molecule has 1 aromatic heterocycles. The van der Waals surface area contributed by atoms with Gasteiger partial charge in [0, 0.05) is 23.0 Å². The molecule has 2 fully saturated rings. The summed E-state index contributed by atoms with van der Waals surface area (Å²) in [5.74, 6) is 1.29.